The molecule has 0 aliphatic heterocycles. The molecular weight excluding hydrogens is 296 g/mol. The van der Waals surface area contributed by atoms with Crippen molar-refractivity contribution in [3.8, 4) is 0 Å². The molecule has 4 heteroatoms. The first-order valence-electron chi connectivity index (χ1n) is 7.84. The molecule has 4 aromatic rings. The van der Waals surface area contributed by atoms with Crippen LogP contribution in [0.25, 0.3) is 11.0 Å². The summed E-state index contributed by atoms with van der Waals surface area (Å²) in [6.45, 7) is 0. The molecule has 0 atom stereocenters. The van der Waals surface area contributed by atoms with Gasteiger partial charge < -0.3 is 5.32 Å². The molecule has 0 radical (unpaired) electrons. The average molecular weight is 312 g/mol. The molecule has 0 amide bonds. The maximum atomic E-state index is 4.44. The Balaban J connectivity index is 1.80. The van der Waals surface area contributed by atoms with Crippen molar-refractivity contribution in [3.05, 3.63) is 96.4 Å². The van der Waals surface area contributed by atoms with E-state index in [0.717, 1.165) is 11.2 Å². The van der Waals surface area contributed by atoms with Gasteiger partial charge in [0.1, 0.15) is 12.1 Å². The lowest BCUT2D eigenvalue weighted by Gasteiger charge is -2.21. The number of nitrogens with zero attached hydrogens (tertiary/aromatic N) is 3. The number of rotatable bonds is 4. The molecule has 0 spiro atoms. The van der Waals surface area contributed by atoms with Gasteiger partial charge in [-0.15, -0.1) is 0 Å². The fourth-order valence-electron chi connectivity index (χ4n) is 2.80. The third-order valence-corrected chi connectivity index (χ3v) is 3.96. The van der Waals surface area contributed by atoms with Crippen LogP contribution in [0.3, 0.4) is 0 Å². The molecule has 4 rings (SSSR count). The molecular formula is C20H16N4. The summed E-state index contributed by atoms with van der Waals surface area (Å²) in [4.78, 5) is 13.0. The molecule has 2 heterocycles. The Morgan fingerprint density at radius 3 is 2.00 bits per heavy atom. The number of nitrogens with one attached hydrogen (secondary N) is 1. The molecule has 0 saturated carbocycles. The summed E-state index contributed by atoms with van der Waals surface area (Å²) >= 11 is 0. The largest absolute Gasteiger partial charge is 0.358 e. The minimum Gasteiger partial charge on any atom is -0.358 e. The summed E-state index contributed by atoms with van der Waals surface area (Å²) in [5, 5.41) is 4.48. The molecule has 1 N–H and O–H groups in total. The van der Waals surface area contributed by atoms with Crippen LogP contribution >= 0.6 is 0 Å². The average Bonchev–Trinajstić information content (AvgIpc) is 2.67. The van der Waals surface area contributed by atoms with Crippen LogP contribution in [0.2, 0.25) is 0 Å². The SMILES string of the molecule is c1ccc(C(Nc2ncnc3ncccc23)c2ccccc2)cc1. The van der Waals surface area contributed by atoms with Gasteiger partial charge in [-0.3, -0.25) is 0 Å². The number of hydrogen-bond acceptors (Lipinski definition) is 4. The highest BCUT2D eigenvalue weighted by atomic mass is 15.0. The van der Waals surface area contributed by atoms with E-state index in [2.05, 4.69) is 44.5 Å². The molecule has 0 aliphatic rings. The van der Waals surface area contributed by atoms with Gasteiger partial charge in [-0.05, 0) is 23.3 Å². The van der Waals surface area contributed by atoms with Gasteiger partial charge in [0.05, 0.1) is 11.4 Å². The molecule has 0 bridgehead atoms. The fourth-order valence-corrected chi connectivity index (χ4v) is 2.80. The molecule has 2 aromatic heterocycles. The van der Waals surface area contributed by atoms with Crippen molar-refractivity contribution in [2.45, 2.75) is 6.04 Å². The third-order valence-electron chi connectivity index (χ3n) is 3.96. The monoisotopic (exact) mass is 312 g/mol. The van der Waals surface area contributed by atoms with E-state index >= 15 is 0 Å². The van der Waals surface area contributed by atoms with E-state index < -0.39 is 0 Å². The van der Waals surface area contributed by atoms with Crippen LogP contribution in [0.1, 0.15) is 17.2 Å². The zero-order valence-electron chi connectivity index (χ0n) is 13.0. The quantitative estimate of drug-likeness (QED) is 0.613. The van der Waals surface area contributed by atoms with E-state index in [-0.39, 0.29) is 6.04 Å². The Morgan fingerprint density at radius 2 is 1.33 bits per heavy atom. The molecule has 0 saturated heterocycles. The van der Waals surface area contributed by atoms with Crippen LogP contribution in [0, 0.1) is 0 Å². The second-order valence-corrected chi connectivity index (χ2v) is 5.50. The molecule has 0 unspecified atom stereocenters. The van der Waals surface area contributed by atoms with Gasteiger partial charge in [-0.2, -0.15) is 0 Å². The highest BCUT2D eigenvalue weighted by Crippen LogP contribution is 2.28. The minimum absolute atomic E-state index is 0.00528. The zero-order valence-corrected chi connectivity index (χ0v) is 13.0. The highest BCUT2D eigenvalue weighted by Gasteiger charge is 2.15. The van der Waals surface area contributed by atoms with Gasteiger partial charge in [0, 0.05) is 6.20 Å². The lowest BCUT2D eigenvalue weighted by atomic mass is 9.98. The predicted octanol–water partition coefficient (Wildman–Crippen LogP) is 4.23. The Labute approximate surface area is 140 Å². The minimum atomic E-state index is 0.00528. The molecule has 0 fully saturated rings. The first-order chi connectivity index (χ1) is 11.9. The van der Waals surface area contributed by atoms with Crippen molar-refractivity contribution in [2.24, 2.45) is 0 Å². The zero-order chi connectivity index (χ0) is 16.2. The molecule has 24 heavy (non-hydrogen) atoms. The fraction of sp³-hybridized carbons (Fsp3) is 0.0500. The van der Waals surface area contributed by atoms with Gasteiger partial charge in [0.2, 0.25) is 0 Å². The van der Waals surface area contributed by atoms with E-state index in [0.29, 0.717) is 5.65 Å². The number of fused-ring (bicyclic) bond motifs is 1. The lowest BCUT2D eigenvalue weighted by molar-refractivity contribution is 0.927. The van der Waals surface area contributed by atoms with Crippen molar-refractivity contribution in [3.63, 3.8) is 0 Å². The Kier molecular flexibility index (Phi) is 3.86. The van der Waals surface area contributed by atoms with Gasteiger partial charge in [-0.25, -0.2) is 15.0 Å². The van der Waals surface area contributed by atoms with Crippen LogP contribution in [0.4, 0.5) is 5.82 Å². The molecule has 116 valence electrons. The van der Waals surface area contributed by atoms with Crippen molar-refractivity contribution in [1.29, 1.82) is 0 Å². The third kappa shape index (κ3) is 2.82. The Morgan fingerprint density at radius 1 is 0.667 bits per heavy atom. The van der Waals surface area contributed by atoms with Crippen molar-refractivity contribution < 1.29 is 0 Å². The first kappa shape index (κ1) is 14.3. The smallest absolute Gasteiger partial charge is 0.164 e. The number of hydrogen-bond donors (Lipinski definition) is 1. The number of anilines is 1. The van der Waals surface area contributed by atoms with Crippen LogP contribution in [0.15, 0.2) is 85.3 Å². The van der Waals surface area contributed by atoms with Gasteiger partial charge in [-0.1, -0.05) is 60.7 Å². The van der Waals surface area contributed by atoms with Crippen molar-refractivity contribution in [2.75, 3.05) is 5.32 Å². The van der Waals surface area contributed by atoms with Gasteiger partial charge >= 0.3 is 0 Å². The van der Waals surface area contributed by atoms with E-state index in [9.17, 15) is 0 Å². The van der Waals surface area contributed by atoms with E-state index in [4.69, 9.17) is 0 Å². The normalized spacial score (nSPS) is 10.9. The maximum Gasteiger partial charge on any atom is 0.164 e. The summed E-state index contributed by atoms with van der Waals surface area (Å²) in [6, 6.07) is 24.6. The maximum absolute atomic E-state index is 4.44. The van der Waals surface area contributed by atoms with Crippen LogP contribution in [-0.2, 0) is 0 Å². The van der Waals surface area contributed by atoms with E-state index in [1.54, 1.807) is 12.5 Å². The van der Waals surface area contributed by atoms with Gasteiger partial charge in [0.15, 0.2) is 5.65 Å². The number of benzene rings is 2. The summed E-state index contributed by atoms with van der Waals surface area (Å²) < 4.78 is 0. The summed E-state index contributed by atoms with van der Waals surface area (Å²) in [6.07, 6.45) is 3.29. The van der Waals surface area contributed by atoms with E-state index in [1.807, 2.05) is 48.5 Å². The summed E-state index contributed by atoms with van der Waals surface area (Å²) in [5.74, 6) is 0.783. The Bertz CT molecular complexity index is 894. The Hall–Kier alpha value is -3.27. The molecule has 2 aromatic carbocycles. The van der Waals surface area contributed by atoms with E-state index in [1.165, 1.54) is 11.1 Å². The standard InChI is InChI=1S/C20H16N4/c1-3-8-15(9-4-1)18(16-10-5-2-6-11-16)24-20-17-12-7-13-21-19(17)22-14-23-20/h1-14,18H,(H,21,22,23,24). The second-order valence-electron chi connectivity index (χ2n) is 5.50. The van der Waals surface area contributed by atoms with Crippen LogP contribution in [-0.4, -0.2) is 15.0 Å². The summed E-state index contributed by atoms with van der Waals surface area (Å²) in [7, 11) is 0. The van der Waals surface area contributed by atoms with Crippen molar-refractivity contribution in [1.82, 2.24) is 15.0 Å². The predicted molar refractivity (Wildman–Crippen MR) is 95.7 cm³/mol. The molecule has 0 aliphatic carbocycles. The van der Waals surface area contributed by atoms with Gasteiger partial charge in [0.25, 0.3) is 0 Å². The lowest BCUT2D eigenvalue weighted by Crippen LogP contribution is -2.13. The first-order valence-corrected chi connectivity index (χ1v) is 7.84. The number of pyridine rings is 1. The van der Waals surface area contributed by atoms with Crippen LogP contribution in [0.5, 0.6) is 0 Å². The van der Waals surface area contributed by atoms with Crippen LogP contribution < -0.4 is 5.32 Å². The molecule has 4 nitrogen and oxygen atoms in total. The van der Waals surface area contributed by atoms with Crippen molar-refractivity contribution >= 4 is 16.9 Å². The topological polar surface area (TPSA) is 50.7 Å². The summed E-state index contributed by atoms with van der Waals surface area (Å²) in [5.41, 5.74) is 3.05. The second kappa shape index (κ2) is 6.46. The highest BCUT2D eigenvalue weighted by molar-refractivity contribution is 5.86. The number of aromatic nitrogens is 3.